The van der Waals surface area contributed by atoms with E-state index in [2.05, 4.69) is 25.6 Å². The van der Waals surface area contributed by atoms with Gasteiger partial charge in [0.2, 0.25) is 5.95 Å². The van der Waals surface area contributed by atoms with Crippen LogP contribution in [0.4, 0.5) is 33.7 Å². The van der Waals surface area contributed by atoms with Crippen LogP contribution in [0.3, 0.4) is 0 Å². The van der Waals surface area contributed by atoms with Gasteiger partial charge < -0.3 is 15.7 Å². The van der Waals surface area contributed by atoms with Crippen LogP contribution in [0.2, 0.25) is 0 Å². The number of aromatic nitrogens is 4. The maximum atomic E-state index is 13.6. The fourth-order valence-electron chi connectivity index (χ4n) is 5.58. The number of fused-ring (bicyclic) bond motifs is 1. The molecule has 0 bridgehead atoms. The second-order valence-electron chi connectivity index (χ2n) is 10.3. The summed E-state index contributed by atoms with van der Waals surface area (Å²) in [6.45, 7) is 1.80. The summed E-state index contributed by atoms with van der Waals surface area (Å²) in [5, 5.41) is 17.1. The molecule has 13 heteroatoms. The van der Waals surface area contributed by atoms with Crippen LogP contribution in [0.1, 0.15) is 56.3 Å². The molecule has 0 saturated heterocycles. The first-order chi connectivity index (χ1) is 17.9. The largest absolute Gasteiger partial charge is 0.455 e. The van der Waals surface area contributed by atoms with Crippen molar-refractivity contribution in [3.8, 4) is 10.6 Å². The van der Waals surface area contributed by atoms with Gasteiger partial charge in [-0.3, -0.25) is 4.98 Å². The minimum absolute atomic E-state index is 0.0556. The van der Waals surface area contributed by atoms with Crippen LogP contribution >= 0.6 is 11.3 Å². The SMILES string of the molecule is Cc1nc(NCC(F)(F)C(F)(F)F)nc(N[C@H]2CC[C@@H](C3(O)CCCC3)C2)c1-c1nc2c(C)nccc2s1. The van der Waals surface area contributed by atoms with Crippen LogP contribution in [0.5, 0.6) is 0 Å². The van der Waals surface area contributed by atoms with Crippen molar-refractivity contribution in [2.45, 2.75) is 82.5 Å². The minimum atomic E-state index is -5.69. The second-order valence-corrected chi connectivity index (χ2v) is 11.4. The number of pyridine rings is 1. The molecule has 2 aliphatic carbocycles. The summed E-state index contributed by atoms with van der Waals surface area (Å²) in [4.78, 5) is 17.5. The van der Waals surface area contributed by atoms with E-state index >= 15 is 0 Å². The van der Waals surface area contributed by atoms with Crippen molar-refractivity contribution in [2.75, 3.05) is 17.2 Å². The molecule has 0 radical (unpaired) electrons. The molecule has 206 valence electrons. The first-order valence-corrected chi connectivity index (χ1v) is 13.5. The van der Waals surface area contributed by atoms with Gasteiger partial charge in [-0.15, -0.1) is 11.3 Å². The van der Waals surface area contributed by atoms with Gasteiger partial charge in [0.05, 0.1) is 33.8 Å². The van der Waals surface area contributed by atoms with Crippen LogP contribution in [0.15, 0.2) is 12.3 Å². The fraction of sp³-hybridized carbons (Fsp3) is 0.600. The number of hydrogen-bond donors (Lipinski definition) is 3. The van der Waals surface area contributed by atoms with Crippen LogP contribution in [0.25, 0.3) is 20.8 Å². The molecule has 0 spiro atoms. The molecule has 3 N–H and O–H groups in total. The van der Waals surface area contributed by atoms with Gasteiger partial charge in [-0.25, -0.2) is 9.97 Å². The van der Waals surface area contributed by atoms with Crippen LogP contribution in [-0.2, 0) is 0 Å². The van der Waals surface area contributed by atoms with E-state index in [9.17, 15) is 27.1 Å². The highest BCUT2D eigenvalue weighted by molar-refractivity contribution is 7.21. The summed E-state index contributed by atoms with van der Waals surface area (Å²) >= 11 is 1.40. The van der Waals surface area contributed by atoms with E-state index in [1.54, 1.807) is 13.1 Å². The fourth-order valence-corrected chi connectivity index (χ4v) is 6.69. The molecule has 3 heterocycles. The summed E-state index contributed by atoms with van der Waals surface area (Å²) in [6, 6.07) is 1.78. The van der Waals surface area contributed by atoms with Crippen molar-refractivity contribution in [3.63, 3.8) is 0 Å². The summed E-state index contributed by atoms with van der Waals surface area (Å²) in [5.41, 5.74) is 1.73. The van der Waals surface area contributed by atoms with Gasteiger partial charge in [-0.1, -0.05) is 12.8 Å². The molecule has 2 saturated carbocycles. The normalized spacial score (nSPS) is 21.8. The van der Waals surface area contributed by atoms with Gasteiger partial charge in [0.25, 0.3) is 0 Å². The lowest BCUT2D eigenvalue weighted by atomic mass is 9.84. The molecule has 2 aliphatic rings. The standard InChI is InChI=1S/C25H29F5N6OS/c1-13-18(21-35-19-14(2)31-10-7-17(19)38-21)20(36-22(33-13)32-12-24(26,27)25(28,29)30)34-16-6-5-15(11-16)23(37)8-3-4-9-23/h7,10,15-16,37H,3-6,8-9,11-12H2,1-2H3,(H2,32,33,34,36)/t15-,16+/m1/s1. The highest BCUT2D eigenvalue weighted by atomic mass is 32.1. The molecule has 0 aliphatic heterocycles. The topological polar surface area (TPSA) is 95.9 Å². The van der Waals surface area contributed by atoms with Crippen molar-refractivity contribution in [3.05, 3.63) is 23.7 Å². The number of rotatable bonds is 7. The quantitative estimate of drug-likeness (QED) is 0.296. The molecular formula is C25H29F5N6OS. The summed E-state index contributed by atoms with van der Waals surface area (Å²) in [7, 11) is 0. The Morgan fingerprint density at radius 2 is 1.79 bits per heavy atom. The molecule has 0 aromatic carbocycles. The second kappa shape index (κ2) is 9.82. The van der Waals surface area contributed by atoms with E-state index in [1.165, 1.54) is 11.3 Å². The first-order valence-electron chi connectivity index (χ1n) is 12.6. The van der Waals surface area contributed by atoms with E-state index < -0.39 is 24.2 Å². The van der Waals surface area contributed by atoms with Gasteiger partial charge in [-0.05, 0) is 57.9 Å². The van der Waals surface area contributed by atoms with E-state index in [0.29, 0.717) is 34.0 Å². The van der Waals surface area contributed by atoms with E-state index in [1.807, 2.05) is 13.0 Å². The molecule has 0 unspecified atom stereocenters. The highest BCUT2D eigenvalue weighted by Crippen LogP contribution is 2.45. The lowest BCUT2D eigenvalue weighted by molar-refractivity contribution is -0.275. The number of aryl methyl sites for hydroxylation is 2. The molecule has 7 nitrogen and oxygen atoms in total. The Labute approximate surface area is 220 Å². The zero-order chi connectivity index (χ0) is 27.3. The molecule has 2 fully saturated rings. The molecule has 3 aromatic rings. The Bertz CT molecular complexity index is 1320. The molecule has 2 atom stereocenters. The predicted molar refractivity (Wildman–Crippen MR) is 136 cm³/mol. The average molecular weight is 557 g/mol. The van der Waals surface area contributed by atoms with Crippen molar-refractivity contribution in [1.29, 1.82) is 0 Å². The molecule has 38 heavy (non-hydrogen) atoms. The van der Waals surface area contributed by atoms with Gasteiger partial charge >= 0.3 is 12.1 Å². The predicted octanol–water partition coefficient (Wildman–Crippen LogP) is 6.26. The minimum Gasteiger partial charge on any atom is -0.390 e. The average Bonchev–Trinajstić information content (AvgIpc) is 3.58. The Hall–Kier alpha value is -2.67. The van der Waals surface area contributed by atoms with Crippen molar-refractivity contribution in [1.82, 2.24) is 19.9 Å². The lowest BCUT2D eigenvalue weighted by Crippen LogP contribution is -2.42. The Morgan fingerprint density at radius 1 is 1.05 bits per heavy atom. The number of hydrogen-bond acceptors (Lipinski definition) is 8. The van der Waals surface area contributed by atoms with Gasteiger partial charge in [-0.2, -0.15) is 26.9 Å². The molecule has 0 amide bonds. The van der Waals surface area contributed by atoms with Crippen LogP contribution in [0, 0.1) is 19.8 Å². The van der Waals surface area contributed by atoms with Gasteiger partial charge in [0.15, 0.2) is 0 Å². The van der Waals surface area contributed by atoms with Crippen molar-refractivity contribution in [2.24, 2.45) is 5.92 Å². The third-order valence-corrected chi connectivity index (χ3v) is 8.72. The van der Waals surface area contributed by atoms with E-state index in [4.69, 9.17) is 4.98 Å². The zero-order valence-corrected chi connectivity index (χ0v) is 21.8. The Morgan fingerprint density at radius 3 is 2.47 bits per heavy atom. The third kappa shape index (κ3) is 5.14. The number of nitrogens with zero attached hydrogens (tertiary/aromatic N) is 4. The Balaban J connectivity index is 1.47. The number of nitrogens with one attached hydrogen (secondary N) is 2. The van der Waals surface area contributed by atoms with E-state index in [-0.39, 0.29) is 17.9 Å². The maximum Gasteiger partial charge on any atom is 0.455 e. The highest BCUT2D eigenvalue weighted by Gasteiger charge is 2.57. The summed E-state index contributed by atoms with van der Waals surface area (Å²) in [6.07, 6.45) is 1.87. The Kier molecular flexibility index (Phi) is 6.95. The summed E-state index contributed by atoms with van der Waals surface area (Å²) < 4.78 is 66.2. The first kappa shape index (κ1) is 26.9. The number of anilines is 2. The monoisotopic (exact) mass is 556 g/mol. The maximum absolute atomic E-state index is 13.6. The van der Waals surface area contributed by atoms with Crippen LogP contribution in [-0.4, -0.2) is 55.3 Å². The lowest BCUT2D eigenvalue weighted by Gasteiger charge is -2.29. The molecular weight excluding hydrogens is 527 g/mol. The van der Waals surface area contributed by atoms with Crippen LogP contribution < -0.4 is 10.6 Å². The van der Waals surface area contributed by atoms with Gasteiger partial charge in [0.1, 0.15) is 16.3 Å². The number of alkyl halides is 5. The van der Waals surface area contributed by atoms with Gasteiger partial charge in [0, 0.05) is 12.2 Å². The smallest absolute Gasteiger partial charge is 0.390 e. The third-order valence-electron chi connectivity index (χ3n) is 7.68. The van der Waals surface area contributed by atoms with Crippen molar-refractivity contribution < 1.29 is 27.1 Å². The summed E-state index contributed by atoms with van der Waals surface area (Å²) in [5.74, 6) is -4.83. The number of halogens is 5. The zero-order valence-electron chi connectivity index (χ0n) is 21.0. The van der Waals surface area contributed by atoms with E-state index in [0.717, 1.165) is 48.9 Å². The molecule has 3 aromatic heterocycles. The molecule has 5 rings (SSSR count). The number of aliphatic hydroxyl groups is 1. The van der Waals surface area contributed by atoms with Crippen molar-refractivity contribution >= 4 is 33.3 Å². The number of thiazole rings is 1.